The molecule has 0 radical (unpaired) electrons. The lowest BCUT2D eigenvalue weighted by Gasteiger charge is -2.08. The minimum Gasteiger partial charge on any atom is -0.234 e. The van der Waals surface area contributed by atoms with Gasteiger partial charge in [0.25, 0.3) is 0 Å². The standard InChI is InChI=1S/C14H11ClN2/c1-2-10-8-12(9-16)14(15)17-13(10)11-6-4-3-5-7-11/h3-8H,2H2,1H3. The van der Waals surface area contributed by atoms with Crippen LogP contribution in [0.25, 0.3) is 11.3 Å². The maximum Gasteiger partial charge on any atom is 0.147 e. The van der Waals surface area contributed by atoms with Crippen LogP contribution in [0, 0.1) is 11.3 Å². The Morgan fingerprint density at radius 3 is 2.59 bits per heavy atom. The number of benzene rings is 1. The first kappa shape index (κ1) is 11.6. The monoisotopic (exact) mass is 242 g/mol. The van der Waals surface area contributed by atoms with E-state index in [1.807, 2.05) is 43.3 Å². The van der Waals surface area contributed by atoms with Crippen molar-refractivity contribution >= 4 is 11.6 Å². The molecule has 17 heavy (non-hydrogen) atoms. The summed E-state index contributed by atoms with van der Waals surface area (Å²) in [4.78, 5) is 4.33. The maximum absolute atomic E-state index is 8.93. The van der Waals surface area contributed by atoms with Gasteiger partial charge in [0, 0.05) is 5.56 Å². The van der Waals surface area contributed by atoms with Crippen molar-refractivity contribution in [1.82, 2.24) is 4.98 Å². The van der Waals surface area contributed by atoms with Crippen molar-refractivity contribution in [2.45, 2.75) is 13.3 Å². The second kappa shape index (κ2) is 4.99. The summed E-state index contributed by atoms with van der Waals surface area (Å²) in [6, 6.07) is 13.7. The molecule has 0 spiro atoms. The Morgan fingerprint density at radius 2 is 2.00 bits per heavy atom. The van der Waals surface area contributed by atoms with Crippen molar-refractivity contribution in [2.24, 2.45) is 0 Å². The van der Waals surface area contributed by atoms with Crippen LogP contribution in [0.15, 0.2) is 36.4 Å². The Bertz CT molecular complexity index is 571. The summed E-state index contributed by atoms with van der Waals surface area (Å²) in [6.45, 7) is 2.04. The van der Waals surface area contributed by atoms with Gasteiger partial charge in [0.15, 0.2) is 0 Å². The van der Waals surface area contributed by atoms with Crippen LogP contribution in [0.5, 0.6) is 0 Å². The number of aryl methyl sites for hydroxylation is 1. The highest BCUT2D eigenvalue weighted by molar-refractivity contribution is 6.30. The Balaban J connectivity index is 2.63. The number of aromatic nitrogens is 1. The zero-order valence-electron chi connectivity index (χ0n) is 9.44. The zero-order valence-corrected chi connectivity index (χ0v) is 10.2. The molecule has 3 heteroatoms. The molecule has 2 rings (SSSR count). The third-order valence-corrected chi connectivity index (χ3v) is 2.89. The summed E-state index contributed by atoms with van der Waals surface area (Å²) in [5.74, 6) is 0. The third kappa shape index (κ3) is 2.30. The summed E-state index contributed by atoms with van der Waals surface area (Å²) in [6.07, 6.45) is 0.822. The lowest BCUT2D eigenvalue weighted by Crippen LogP contribution is -1.95. The van der Waals surface area contributed by atoms with Gasteiger partial charge in [-0.15, -0.1) is 0 Å². The van der Waals surface area contributed by atoms with Crippen LogP contribution >= 0.6 is 11.6 Å². The quantitative estimate of drug-likeness (QED) is 0.751. The van der Waals surface area contributed by atoms with Crippen molar-refractivity contribution in [3.8, 4) is 17.3 Å². The van der Waals surface area contributed by atoms with E-state index in [0.29, 0.717) is 5.56 Å². The maximum atomic E-state index is 8.93. The number of hydrogen-bond acceptors (Lipinski definition) is 2. The van der Waals surface area contributed by atoms with E-state index in [-0.39, 0.29) is 5.15 Å². The van der Waals surface area contributed by atoms with E-state index < -0.39 is 0 Å². The van der Waals surface area contributed by atoms with Gasteiger partial charge < -0.3 is 0 Å². The first-order valence-corrected chi connectivity index (χ1v) is 5.79. The van der Waals surface area contributed by atoms with E-state index in [0.717, 1.165) is 23.2 Å². The molecule has 0 fully saturated rings. The highest BCUT2D eigenvalue weighted by atomic mass is 35.5. The molecule has 1 heterocycles. The molecule has 1 aromatic heterocycles. The van der Waals surface area contributed by atoms with Crippen molar-refractivity contribution in [3.05, 3.63) is 52.7 Å². The second-order valence-electron chi connectivity index (χ2n) is 3.67. The molecule has 0 amide bonds. The fourth-order valence-corrected chi connectivity index (χ4v) is 1.91. The topological polar surface area (TPSA) is 36.7 Å². The molecule has 0 aliphatic heterocycles. The Morgan fingerprint density at radius 1 is 1.29 bits per heavy atom. The molecule has 0 saturated heterocycles. The average molecular weight is 243 g/mol. The van der Waals surface area contributed by atoms with E-state index in [1.165, 1.54) is 0 Å². The SMILES string of the molecule is CCc1cc(C#N)c(Cl)nc1-c1ccccc1. The van der Waals surface area contributed by atoms with Gasteiger partial charge >= 0.3 is 0 Å². The average Bonchev–Trinajstić information content (AvgIpc) is 2.39. The second-order valence-corrected chi connectivity index (χ2v) is 4.02. The summed E-state index contributed by atoms with van der Waals surface area (Å²) in [5.41, 5.74) is 3.35. The normalized spacial score (nSPS) is 9.94. The van der Waals surface area contributed by atoms with Crippen LogP contribution in [0.2, 0.25) is 5.15 Å². The smallest absolute Gasteiger partial charge is 0.147 e. The predicted octanol–water partition coefficient (Wildman–Crippen LogP) is 3.84. The molecule has 0 unspecified atom stereocenters. The number of rotatable bonds is 2. The molecule has 0 aliphatic rings. The summed E-state index contributed by atoms with van der Waals surface area (Å²) >= 11 is 5.97. The van der Waals surface area contributed by atoms with Crippen LogP contribution in [0.1, 0.15) is 18.1 Å². The number of hydrogen-bond donors (Lipinski definition) is 0. The fraction of sp³-hybridized carbons (Fsp3) is 0.143. The molecule has 2 nitrogen and oxygen atoms in total. The largest absolute Gasteiger partial charge is 0.234 e. The Hall–Kier alpha value is -1.85. The van der Waals surface area contributed by atoms with E-state index in [9.17, 15) is 0 Å². The lowest BCUT2D eigenvalue weighted by atomic mass is 10.0. The number of nitrogens with zero attached hydrogens (tertiary/aromatic N) is 2. The molecular weight excluding hydrogens is 232 g/mol. The minimum atomic E-state index is 0.267. The van der Waals surface area contributed by atoms with Gasteiger partial charge in [0.05, 0.1) is 11.3 Å². The Kier molecular flexibility index (Phi) is 3.41. The highest BCUT2D eigenvalue weighted by Crippen LogP contribution is 2.26. The van der Waals surface area contributed by atoms with E-state index >= 15 is 0 Å². The van der Waals surface area contributed by atoms with Crippen LogP contribution in [0.3, 0.4) is 0 Å². The van der Waals surface area contributed by atoms with Gasteiger partial charge in [-0.25, -0.2) is 4.98 Å². The third-order valence-electron chi connectivity index (χ3n) is 2.60. The van der Waals surface area contributed by atoms with Crippen molar-refractivity contribution in [3.63, 3.8) is 0 Å². The van der Waals surface area contributed by atoms with Gasteiger partial charge in [0.1, 0.15) is 11.2 Å². The predicted molar refractivity (Wildman–Crippen MR) is 68.8 cm³/mol. The van der Waals surface area contributed by atoms with E-state index in [1.54, 1.807) is 0 Å². The molecule has 0 bridgehead atoms. The first-order chi connectivity index (χ1) is 8.26. The van der Waals surface area contributed by atoms with Gasteiger partial charge in [-0.3, -0.25) is 0 Å². The van der Waals surface area contributed by atoms with Crippen LogP contribution < -0.4 is 0 Å². The number of nitriles is 1. The fourth-order valence-electron chi connectivity index (χ4n) is 1.73. The van der Waals surface area contributed by atoms with E-state index in [2.05, 4.69) is 11.1 Å². The molecule has 0 aliphatic carbocycles. The van der Waals surface area contributed by atoms with Crippen LogP contribution in [-0.4, -0.2) is 4.98 Å². The van der Waals surface area contributed by atoms with Gasteiger partial charge in [-0.1, -0.05) is 48.9 Å². The molecule has 0 saturated carbocycles. The molecule has 84 valence electrons. The minimum absolute atomic E-state index is 0.267. The molecular formula is C14H11ClN2. The van der Waals surface area contributed by atoms with Crippen molar-refractivity contribution in [1.29, 1.82) is 5.26 Å². The Labute approximate surface area is 105 Å². The van der Waals surface area contributed by atoms with Crippen LogP contribution in [-0.2, 0) is 6.42 Å². The molecule has 0 N–H and O–H groups in total. The van der Waals surface area contributed by atoms with E-state index in [4.69, 9.17) is 16.9 Å². The van der Waals surface area contributed by atoms with Crippen LogP contribution in [0.4, 0.5) is 0 Å². The van der Waals surface area contributed by atoms with Gasteiger partial charge in [0.2, 0.25) is 0 Å². The highest BCUT2D eigenvalue weighted by Gasteiger charge is 2.10. The first-order valence-electron chi connectivity index (χ1n) is 5.41. The molecule has 2 aromatic rings. The summed E-state index contributed by atoms with van der Waals surface area (Å²) in [7, 11) is 0. The molecule has 0 atom stereocenters. The van der Waals surface area contributed by atoms with Gasteiger partial charge in [-0.2, -0.15) is 5.26 Å². The zero-order chi connectivity index (χ0) is 12.3. The van der Waals surface area contributed by atoms with Crippen molar-refractivity contribution < 1.29 is 0 Å². The molecule has 1 aromatic carbocycles. The summed E-state index contributed by atoms with van der Waals surface area (Å²) < 4.78 is 0. The van der Waals surface area contributed by atoms with Crippen molar-refractivity contribution in [2.75, 3.05) is 0 Å². The number of halogens is 1. The number of pyridine rings is 1. The van der Waals surface area contributed by atoms with Gasteiger partial charge in [-0.05, 0) is 18.1 Å². The lowest BCUT2D eigenvalue weighted by molar-refractivity contribution is 1.10. The summed E-state index contributed by atoms with van der Waals surface area (Å²) in [5, 5.41) is 9.19.